The Morgan fingerprint density at radius 3 is 2.50 bits per heavy atom. The van der Waals surface area contributed by atoms with Crippen molar-refractivity contribution in [3.8, 4) is 0 Å². The van der Waals surface area contributed by atoms with E-state index >= 15 is 0 Å². The molecule has 0 fully saturated rings. The Hall–Kier alpha value is -1.11. The van der Waals surface area contributed by atoms with Crippen LogP contribution in [0.2, 0.25) is 0 Å². The molecular formula is C5H10N4O2S. The van der Waals surface area contributed by atoms with Crippen molar-refractivity contribution >= 4 is 15.8 Å². The van der Waals surface area contributed by atoms with Gasteiger partial charge in [-0.2, -0.15) is 0 Å². The highest BCUT2D eigenvalue weighted by atomic mass is 32.2. The number of anilines is 1. The Bertz CT molecular complexity index is 380. The summed E-state index contributed by atoms with van der Waals surface area (Å²) in [7, 11) is -3.36. The zero-order chi connectivity index (χ0) is 9.35. The molecule has 6 nitrogen and oxygen atoms in total. The van der Waals surface area contributed by atoms with Crippen molar-refractivity contribution < 1.29 is 8.42 Å². The van der Waals surface area contributed by atoms with Crippen molar-refractivity contribution in [3.05, 3.63) is 5.69 Å². The first-order valence-corrected chi connectivity index (χ1v) is 5.22. The van der Waals surface area contributed by atoms with Crippen LogP contribution in [0.25, 0.3) is 0 Å². The zero-order valence-corrected chi connectivity index (χ0v) is 7.67. The molecule has 7 heteroatoms. The number of nitrogens with zero attached hydrogens (tertiary/aromatic N) is 3. The second-order valence-corrected chi connectivity index (χ2v) is 4.19. The quantitative estimate of drug-likeness (QED) is 0.661. The van der Waals surface area contributed by atoms with Gasteiger partial charge in [-0.25, -0.2) is 8.42 Å². The molecule has 0 saturated heterocycles. The van der Waals surface area contributed by atoms with Crippen LogP contribution in [0, 0.1) is 0 Å². The third-order valence-corrected chi connectivity index (χ3v) is 2.33. The molecule has 0 saturated carbocycles. The minimum absolute atomic E-state index is 0.169. The third kappa shape index (κ3) is 1.40. The first-order valence-electron chi connectivity index (χ1n) is 3.37. The highest BCUT2D eigenvalue weighted by Gasteiger charge is 2.15. The Balaban J connectivity index is 3.36. The van der Waals surface area contributed by atoms with Crippen LogP contribution >= 0.6 is 0 Å². The van der Waals surface area contributed by atoms with Crippen LogP contribution in [-0.2, 0) is 16.4 Å². The second kappa shape index (κ2) is 2.74. The molecule has 1 aromatic heterocycles. The lowest BCUT2D eigenvalue weighted by atomic mass is 10.3. The lowest BCUT2D eigenvalue weighted by Crippen LogP contribution is -2.15. The van der Waals surface area contributed by atoms with Crippen LogP contribution < -0.4 is 5.73 Å². The number of rotatable bonds is 2. The smallest absolute Gasteiger partial charge is 0.252 e. The molecule has 12 heavy (non-hydrogen) atoms. The van der Waals surface area contributed by atoms with Crippen molar-refractivity contribution in [1.29, 1.82) is 0 Å². The van der Waals surface area contributed by atoms with E-state index in [1.165, 1.54) is 0 Å². The van der Waals surface area contributed by atoms with Crippen molar-refractivity contribution in [2.24, 2.45) is 0 Å². The number of hydrogen-bond donors (Lipinski definition) is 1. The third-order valence-electron chi connectivity index (χ3n) is 1.41. The van der Waals surface area contributed by atoms with Crippen LogP contribution in [0.15, 0.2) is 0 Å². The number of nitrogens with two attached hydrogens (primary N) is 1. The summed E-state index contributed by atoms with van der Waals surface area (Å²) in [5, 5.41) is 6.88. The molecule has 68 valence electrons. The summed E-state index contributed by atoms with van der Waals surface area (Å²) in [5.74, 6) is 0.169. The SMILES string of the molecule is CCc1c(N)nnn1S(C)(=O)=O. The molecule has 1 rings (SSSR count). The van der Waals surface area contributed by atoms with Crippen LogP contribution in [0.4, 0.5) is 5.82 Å². The molecule has 0 bridgehead atoms. The minimum Gasteiger partial charge on any atom is -0.381 e. The van der Waals surface area contributed by atoms with Crippen LogP contribution in [-0.4, -0.2) is 29.1 Å². The largest absolute Gasteiger partial charge is 0.381 e. The molecule has 0 spiro atoms. The van der Waals surface area contributed by atoms with Crippen LogP contribution in [0.3, 0.4) is 0 Å². The van der Waals surface area contributed by atoms with Gasteiger partial charge in [0.05, 0.1) is 11.9 Å². The lowest BCUT2D eigenvalue weighted by molar-refractivity contribution is 0.580. The predicted molar refractivity (Wildman–Crippen MR) is 44.1 cm³/mol. The average molecular weight is 190 g/mol. The van der Waals surface area contributed by atoms with Gasteiger partial charge in [-0.3, -0.25) is 0 Å². The zero-order valence-electron chi connectivity index (χ0n) is 6.85. The van der Waals surface area contributed by atoms with E-state index in [1.54, 1.807) is 6.92 Å². The van der Waals surface area contributed by atoms with Crippen molar-refractivity contribution in [1.82, 2.24) is 14.4 Å². The second-order valence-electron chi connectivity index (χ2n) is 2.38. The molecule has 2 N–H and O–H groups in total. The first kappa shape index (κ1) is 8.98. The monoisotopic (exact) mass is 190 g/mol. The van der Waals surface area contributed by atoms with E-state index < -0.39 is 10.0 Å². The van der Waals surface area contributed by atoms with Crippen LogP contribution in [0.5, 0.6) is 0 Å². The van der Waals surface area contributed by atoms with Gasteiger partial charge in [0.1, 0.15) is 0 Å². The van der Waals surface area contributed by atoms with E-state index in [1.807, 2.05) is 0 Å². The standard InChI is InChI=1S/C5H10N4O2S/c1-3-4-5(6)7-8-9(4)12(2,10)11/h3,6H2,1-2H3. The molecule has 0 aliphatic carbocycles. The summed E-state index contributed by atoms with van der Waals surface area (Å²) >= 11 is 0. The van der Waals surface area contributed by atoms with E-state index in [4.69, 9.17) is 5.73 Å². The van der Waals surface area contributed by atoms with Gasteiger partial charge in [-0.1, -0.05) is 6.92 Å². The van der Waals surface area contributed by atoms with E-state index in [-0.39, 0.29) is 5.82 Å². The highest BCUT2D eigenvalue weighted by molar-refractivity contribution is 7.89. The highest BCUT2D eigenvalue weighted by Crippen LogP contribution is 2.09. The molecule has 0 atom stereocenters. The molecular weight excluding hydrogens is 180 g/mol. The maximum atomic E-state index is 11.0. The van der Waals surface area contributed by atoms with Gasteiger partial charge in [0.15, 0.2) is 5.82 Å². The summed E-state index contributed by atoms with van der Waals surface area (Å²) in [4.78, 5) is 0. The summed E-state index contributed by atoms with van der Waals surface area (Å²) in [6.07, 6.45) is 1.55. The number of nitrogen functional groups attached to an aromatic ring is 1. The van der Waals surface area contributed by atoms with Gasteiger partial charge in [0.25, 0.3) is 10.0 Å². The average Bonchev–Trinajstić information content (AvgIpc) is 2.29. The lowest BCUT2D eigenvalue weighted by Gasteiger charge is -1.99. The summed E-state index contributed by atoms with van der Waals surface area (Å²) in [6, 6.07) is 0. The van der Waals surface area contributed by atoms with Gasteiger partial charge in [0.2, 0.25) is 0 Å². The molecule has 0 radical (unpaired) electrons. The van der Waals surface area contributed by atoms with Gasteiger partial charge in [0, 0.05) is 0 Å². The number of aromatic nitrogens is 3. The van der Waals surface area contributed by atoms with Gasteiger partial charge >= 0.3 is 0 Å². The molecule has 0 aromatic carbocycles. The molecule has 0 aliphatic rings. The predicted octanol–water partition coefficient (Wildman–Crippen LogP) is -0.770. The fraction of sp³-hybridized carbons (Fsp3) is 0.600. The van der Waals surface area contributed by atoms with Gasteiger partial charge < -0.3 is 5.73 Å². The van der Waals surface area contributed by atoms with Crippen molar-refractivity contribution in [3.63, 3.8) is 0 Å². The summed E-state index contributed by atoms with van der Waals surface area (Å²) in [6.45, 7) is 1.79. The van der Waals surface area contributed by atoms with Gasteiger partial charge in [-0.15, -0.1) is 9.19 Å². The fourth-order valence-corrected chi connectivity index (χ4v) is 1.67. The van der Waals surface area contributed by atoms with Crippen molar-refractivity contribution in [2.45, 2.75) is 13.3 Å². The van der Waals surface area contributed by atoms with E-state index in [0.29, 0.717) is 12.1 Å². The molecule has 0 aliphatic heterocycles. The van der Waals surface area contributed by atoms with Crippen molar-refractivity contribution in [2.75, 3.05) is 12.0 Å². The normalized spacial score (nSPS) is 11.8. The Morgan fingerprint density at radius 1 is 1.58 bits per heavy atom. The molecule has 0 unspecified atom stereocenters. The minimum atomic E-state index is -3.36. The fourth-order valence-electron chi connectivity index (χ4n) is 0.881. The summed E-state index contributed by atoms with van der Waals surface area (Å²) < 4.78 is 22.9. The van der Waals surface area contributed by atoms with E-state index in [2.05, 4.69) is 10.3 Å². The molecule has 1 heterocycles. The summed E-state index contributed by atoms with van der Waals surface area (Å²) in [5.41, 5.74) is 5.82. The van der Waals surface area contributed by atoms with E-state index in [0.717, 1.165) is 10.3 Å². The Morgan fingerprint density at radius 2 is 2.17 bits per heavy atom. The maximum absolute atomic E-state index is 11.0. The van der Waals surface area contributed by atoms with E-state index in [9.17, 15) is 8.42 Å². The maximum Gasteiger partial charge on any atom is 0.252 e. The van der Waals surface area contributed by atoms with Crippen LogP contribution in [0.1, 0.15) is 12.6 Å². The molecule has 1 aromatic rings. The Kier molecular flexibility index (Phi) is 2.05. The topological polar surface area (TPSA) is 90.9 Å². The molecule has 0 amide bonds. The number of hydrogen-bond acceptors (Lipinski definition) is 5. The van der Waals surface area contributed by atoms with Gasteiger partial charge in [-0.05, 0) is 11.6 Å². The Labute approximate surface area is 70.4 Å². The first-order chi connectivity index (χ1) is 5.46.